The Bertz CT molecular complexity index is 618. The molecule has 4 rings (SSSR count). The van der Waals surface area contributed by atoms with Crippen molar-refractivity contribution in [2.24, 2.45) is 5.92 Å². The van der Waals surface area contributed by atoms with Crippen LogP contribution < -0.4 is 0 Å². The molecular weight excluding hydrogens is 342 g/mol. The van der Waals surface area contributed by atoms with E-state index < -0.39 is 6.10 Å². The van der Waals surface area contributed by atoms with Crippen LogP contribution in [-0.4, -0.2) is 64.8 Å². The zero-order valence-electron chi connectivity index (χ0n) is 16.3. The van der Waals surface area contributed by atoms with Gasteiger partial charge in [-0.3, -0.25) is 4.79 Å². The fourth-order valence-corrected chi connectivity index (χ4v) is 5.02. The van der Waals surface area contributed by atoms with Gasteiger partial charge in [0.2, 0.25) is 5.76 Å². The van der Waals surface area contributed by atoms with E-state index in [9.17, 15) is 9.90 Å². The molecule has 1 saturated carbocycles. The minimum atomic E-state index is -0.418. The lowest BCUT2D eigenvalue weighted by Crippen LogP contribution is -2.42. The highest BCUT2D eigenvalue weighted by molar-refractivity contribution is 5.91. The van der Waals surface area contributed by atoms with Gasteiger partial charge in [-0.2, -0.15) is 0 Å². The van der Waals surface area contributed by atoms with Crippen LogP contribution >= 0.6 is 0 Å². The van der Waals surface area contributed by atoms with Crippen molar-refractivity contribution in [3.05, 3.63) is 17.5 Å². The van der Waals surface area contributed by atoms with E-state index in [1.54, 1.807) is 4.90 Å². The van der Waals surface area contributed by atoms with Gasteiger partial charge in [0.1, 0.15) is 0 Å². The van der Waals surface area contributed by atoms with E-state index in [1.807, 2.05) is 6.07 Å². The summed E-state index contributed by atoms with van der Waals surface area (Å²) in [5, 5.41) is 14.0. The van der Waals surface area contributed by atoms with E-state index in [0.29, 0.717) is 24.8 Å². The second-order valence-corrected chi connectivity index (χ2v) is 8.74. The minimum absolute atomic E-state index is 0.137. The van der Waals surface area contributed by atoms with E-state index in [2.05, 4.69) is 10.1 Å². The van der Waals surface area contributed by atoms with Crippen LogP contribution in [0.3, 0.4) is 0 Å². The van der Waals surface area contributed by atoms with Gasteiger partial charge in [-0.05, 0) is 57.5 Å². The molecule has 2 aliphatic heterocycles. The van der Waals surface area contributed by atoms with Gasteiger partial charge in [-0.25, -0.2) is 0 Å². The number of carbonyl (C=O) groups is 1. The van der Waals surface area contributed by atoms with E-state index in [1.165, 1.54) is 38.6 Å². The van der Waals surface area contributed by atoms with Crippen LogP contribution in [-0.2, 0) is 0 Å². The monoisotopic (exact) mass is 375 g/mol. The third-order valence-corrected chi connectivity index (χ3v) is 6.67. The number of aromatic nitrogens is 1. The van der Waals surface area contributed by atoms with Crippen LogP contribution in [0.4, 0.5) is 0 Å². The normalized spacial score (nSPS) is 26.4. The van der Waals surface area contributed by atoms with Crippen molar-refractivity contribution in [1.82, 2.24) is 15.0 Å². The molecule has 3 heterocycles. The van der Waals surface area contributed by atoms with Gasteiger partial charge in [-0.15, -0.1) is 0 Å². The fraction of sp³-hybridized carbons (Fsp3) is 0.810. The first-order chi connectivity index (χ1) is 13.2. The van der Waals surface area contributed by atoms with E-state index in [-0.39, 0.29) is 5.91 Å². The Hall–Kier alpha value is -1.40. The summed E-state index contributed by atoms with van der Waals surface area (Å²) in [6.45, 7) is 4.58. The second kappa shape index (κ2) is 8.74. The van der Waals surface area contributed by atoms with Crippen LogP contribution in [0.15, 0.2) is 10.6 Å². The third kappa shape index (κ3) is 4.72. The van der Waals surface area contributed by atoms with Crippen molar-refractivity contribution in [2.75, 3.05) is 32.7 Å². The Morgan fingerprint density at radius 3 is 2.59 bits per heavy atom. The van der Waals surface area contributed by atoms with Crippen LogP contribution in [0.1, 0.15) is 80.0 Å². The van der Waals surface area contributed by atoms with Crippen LogP contribution in [0.5, 0.6) is 0 Å². The molecule has 27 heavy (non-hydrogen) atoms. The summed E-state index contributed by atoms with van der Waals surface area (Å²) >= 11 is 0. The van der Waals surface area contributed by atoms with E-state index in [4.69, 9.17) is 4.52 Å². The van der Waals surface area contributed by atoms with Crippen LogP contribution in [0.25, 0.3) is 0 Å². The molecule has 3 aliphatic rings. The van der Waals surface area contributed by atoms with Gasteiger partial charge < -0.3 is 19.4 Å². The number of amides is 1. The Morgan fingerprint density at radius 1 is 1.07 bits per heavy atom. The zero-order valence-corrected chi connectivity index (χ0v) is 16.3. The average molecular weight is 376 g/mol. The lowest BCUT2D eigenvalue weighted by atomic mass is 9.87. The molecule has 0 radical (unpaired) electrons. The van der Waals surface area contributed by atoms with E-state index in [0.717, 1.165) is 50.4 Å². The molecule has 1 atom stereocenters. The van der Waals surface area contributed by atoms with Gasteiger partial charge >= 0.3 is 0 Å². The SMILES string of the molecule is O=C(c1cc(C2CCN(CC3CCCCC3)CC2)no1)N1CCC[C@@H](O)C1. The fourth-order valence-electron chi connectivity index (χ4n) is 5.02. The Labute approximate surface area is 161 Å². The predicted octanol–water partition coefficient (Wildman–Crippen LogP) is 3.03. The molecule has 1 N–H and O–H groups in total. The molecule has 1 amide bonds. The van der Waals surface area contributed by atoms with Gasteiger partial charge in [0.05, 0.1) is 11.8 Å². The standard InChI is InChI=1S/C21H33N3O3/c25-18-7-4-10-24(15-18)21(26)20-13-19(22-27-20)17-8-11-23(12-9-17)14-16-5-2-1-3-6-16/h13,16-18,25H,1-12,14-15H2/t18-/m1/s1. The summed E-state index contributed by atoms with van der Waals surface area (Å²) in [6, 6.07) is 1.84. The van der Waals surface area contributed by atoms with Gasteiger partial charge in [0.15, 0.2) is 0 Å². The van der Waals surface area contributed by atoms with Crippen molar-refractivity contribution < 1.29 is 14.4 Å². The quantitative estimate of drug-likeness (QED) is 0.876. The number of rotatable bonds is 4. The van der Waals surface area contributed by atoms with Crippen molar-refractivity contribution in [1.29, 1.82) is 0 Å². The number of β-amino-alcohol motifs (C(OH)–C–C–N with tert-alkyl or cyclic N) is 1. The molecule has 0 bridgehead atoms. The van der Waals surface area contributed by atoms with Crippen LogP contribution in [0, 0.1) is 5.92 Å². The highest BCUT2D eigenvalue weighted by Crippen LogP contribution is 2.30. The van der Waals surface area contributed by atoms with Gasteiger partial charge in [0.25, 0.3) is 5.91 Å². The molecule has 2 saturated heterocycles. The largest absolute Gasteiger partial charge is 0.391 e. The first kappa shape index (κ1) is 18.9. The first-order valence-electron chi connectivity index (χ1n) is 10.9. The predicted molar refractivity (Wildman–Crippen MR) is 103 cm³/mol. The van der Waals surface area contributed by atoms with E-state index >= 15 is 0 Å². The number of piperidine rings is 2. The average Bonchev–Trinajstić information content (AvgIpc) is 3.19. The third-order valence-electron chi connectivity index (χ3n) is 6.67. The minimum Gasteiger partial charge on any atom is -0.391 e. The molecule has 0 aromatic carbocycles. The highest BCUT2D eigenvalue weighted by atomic mass is 16.5. The highest BCUT2D eigenvalue weighted by Gasteiger charge is 2.29. The lowest BCUT2D eigenvalue weighted by molar-refractivity contribution is 0.0441. The Kier molecular flexibility index (Phi) is 6.13. The Morgan fingerprint density at radius 2 is 1.85 bits per heavy atom. The summed E-state index contributed by atoms with van der Waals surface area (Å²) in [7, 11) is 0. The van der Waals surface area contributed by atoms with Crippen molar-refractivity contribution in [3.8, 4) is 0 Å². The molecule has 6 heteroatoms. The molecule has 1 aromatic heterocycles. The molecule has 1 aliphatic carbocycles. The second-order valence-electron chi connectivity index (χ2n) is 8.74. The molecule has 0 unspecified atom stereocenters. The first-order valence-corrected chi connectivity index (χ1v) is 10.9. The molecule has 1 aromatic rings. The maximum Gasteiger partial charge on any atom is 0.292 e. The summed E-state index contributed by atoms with van der Waals surface area (Å²) in [6.07, 6.45) is 10.4. The summed E-state index contributed by atoms with van der Waals surface area (Å²) in [5.41, 5.74) is 0.924. The number of hydrogen-bond donors (Lipinski definition) is 1. The number of likely N-dealkylation sites (tertiary alicyclic amines) is 2. The number of aliphatic hydroxyl groups excluding tert-OH is 1. The summed E-state index contributed by atoms with van der Waals surface area (Å²) < 4.78 is 5.38. The topological polar surface area (TPSA) is 69.8 Å². The maximum atomic E-state index is 12.6. The van der Waals surface area contributed by atoms with Crippen molar-refractivity contribution >= 4 is 5.91 Å². The van der Waals surface area contributed by atoms with Crippen molar-refractivity contribution in [2.45, 2.75) is 69.8 Å². The number of nitrogens with zero attached hydrogens (tertiary/aromatic N) is 3. The maximum absolute atomic E-state index is 12.6. The molecular formula is C21H33N3O3. The lowest BCUT2D eigenvalue weighted by Gasteiger charge is -2.34. The van der Waals surface area contributed by atoms with Crippen molar-refractivity contribution in [3.63, 3.8) is 0 Å². The molecule has 3 fully saturated rings. The number of hydrogen-bond acceptors (Lipinski definition) is 5. The Balaban J connectivity index is 1.28. The zero-order chi connectivity index (χ0) is 18.6. The van der Waals surface area contributed by atoms with Crippen LogP contribution in [0.2, 0.25) is 0 Å². The summed E-state index contributed by atoms with van der Waals surface area (Å²) in [4.78, 5) is 16.9. The summed E-state index contributed by atoms with van der Waals surface area (Å²) in [5.74, 6) is 1.47. The molecule has 0 spiro atoms. The number of carbonyl (C=O) groups excluding carboxylic acids is 1. The molecule has 6 nitrogen and oxygen atoms in total. The van der Waals surface area contributed by atoms with Gasteiger partial charge in [0, 0.05) is 31.6 Å². The molecule has 150 valence electrons. The smallest absolute Gasteiger partial charge is 0.292 e. The van der Waals surface area contributed by atoms with Gasteiger partial charge in [-0.1, -0.05) is 24.4 Å². The number of aliphatic hydroxyl groups is 1.